The number of guanidine groups is 1. The molecule has 5 nitrogen and oxygen atoms in total. The normalized spacial score (nSPS) is 12.0. The fourth-order valence-corrected chi connectivity index (χ4v) is 2.36. The SMILES string of the molecule is CCCCNC(N)=NCCCn1c(C)nc2ccccc21. The summed E-state index contributed by atoms with van der Waals surface area (Å²) in [6.45, 7) is 6.75. The number of nitrogens with zero attached hydrogens (tertiary/aromatic N) is 3. The third-order valence-electron chi connectivity index (χ3n) is 3.50. The lowest BCUT2D eigenvalue weighted by atomic mass is 10.3. The molecule has 1 heterocycles. The van der Waals surface area contributed by atoms with Gasteiger partial charge in [-0.15, -0.1) is 0 Å². The van der Waals surface area contributed by atoms with Crippen LogP contribution in [0.15, 0.2) is 29.3 Å². The van der Waals surface area contributed by atoms with Crippen LogP contribution in [0.25, 0.3) is 11.0 Å². The highest BCUT2D eigenvalue weighted by molar-refractivity contribution is 5.77. The highest BCUT2D eigenvalue weighted by Crippen LogP contribution is 2.15. The van der Waals surface area contributed by atoms with Gasteiger partial charge >= 0.3 is 0 Å². The minimum absolute atomic E-state index is 0.552. The van der Waals surface area contributed by atoms with Crippen LogP contribution < -0.4 is 11.1 Å². The van der Waals surface area contributed by atoms with Gasteiger partial charge < -0.3 is 15.6 Å². The van der Waals surface area contributed by atoms with E-state index in [1.54, 1.807) is 0 Å². The first-order chi connectivity index (χ1) is 10.2. The number of aryl methyl sites for hydroxylation is 2. The van der Waals surface area contributed by atoms with Gasteiger partial charge in [-0.3, -0.25) is 4.99 Å². The molecule has 0 aliphatic carbocycles. The number of nitrogens with two attached hydrogens (primary N) is 1. The van der Waals surface area contributed by atoms with Gasteiger partial charge in [-0.1, -0.05) is 25.5 Å². The molecule has 0 unspecified atom stereocenters. The number of hydrogen-bond donors (Lipinski definition) is 2. The molecule has 0 amide bonds. The van der Waals surface area contributed by atoms with Gasteiger partial charge in [0.05, 0.1) is 11.0 Å². The van der Waals surface area contributed by atoms with Crippen LogP contribution in [0.4, 0.5) is 0 Å². The van der Waals surface area contributed by atoms with Crippen molar-refractivity contribution < 1.29 is 0 Å². The number of benzene rings is 1. The average molecular weight is 287 g/mol. The summed E-state index contributed by atoms with van der Waals surface area (Å²) in [7, 11) is 0. The van der Waals surface area contributed by atoms with E-state index in [1.807, 2.05) is 25.1 Å². The lowest BCUT2D eigenvalue weighted by molar-refractivity contribution is 0.647. The summed E-state index contributed by atoms with van der Waals surface area (Å²) in [5.41, 5.74) is 8.06. The van der Waals surface area contributed by atoms with Crippen molar-refractivity contribution in [2.45, 2.75) is 39.7 Å². The summed E-state index contributed by atoms with van der Waals surface area (Å²) in [6.07, 6.45) is 3.24. The van der Waals surface area contributed by atoms with Crippen LogP contribution in [0.5, 0.6) is 0 Å². The molecule has 0 aliphatic heterocycles. The molecule has 114 valence electrons. The van der Waals surface area contributed by atoms with Gasteiger partial charge in [0.2, 0.25) is 0 Å². The van der Waals surface area contributed by atoms with Gasteiger partial charge in [0.15, 0.2) is 5.96 Å². The van der Waals surface area contributed by atoms with Crippen molar-refractivity contribution in [3.8, 4) is 0 Å². The predicted octanol–water partition coefficient (Wildman–Crippen LogP) is 2.44. The number of para-hydroxylation sites is 2. The molecule has 0 spiro atoms. The molecule has 1 aromatic heterocycles. The number of nitrogens with one attached hydrogen (secondary N) is 1. The van der Waals surface area contributed by atoms with Gasteiger partial charge in [0.25, 0.3) is 0 Å². The van der Waals surface area contributed by atoms with Crippen molar-refractivity contribution in [3.05, 3.63) is 30.1 Å². The van der Waals surface area contributed by atoms with Crippen molar-refractivity contribution in [1.29, 1.82) is 0 Å². The minimum atomic E-state index is 0.552. The Morgan fingerprint density at radius 3 is 2.95 bits per heavy atom. The predicted molar refractivity (Wildman–Crippen MR) is 88.5 cm³/mol. The molecule has 3 N–H and O–H groups in total. The van der Waals surface area contributed by atoms with Crippen LogP contribution in [0.1, 0.15) is 32.0 Å². The lowest BCUT2D eigenvalue weighted by Gasteiger charge is -2.07. The quantitative estimate of drug-likeness (QED) is 0.467. The molecule has 1 aromatic carbocycles. The largest absolute Gasteiger partial charge is 0.370 e. The average Bonchev–Trinajstić information content (AvgIpc) is 2.80. The van der Waals surface area contributed by atoms with E-state index in [9.17, 15) is 0 Å². The molecule has 0 aliphatic rings. The van der Waals surface area contributed by atoms with E-state index in [0.29, 0.717) is 5.96 Å². The molecule has 0 saturated heterocycles. The van der Waals surface area contributed by atoms with Crippen molar-refractivity contribution in [1.82, 2.24) is 14.9 Å². The minimum Gasteiger partial charge on any atom is -0.370 e. The maximum Gasteiger partial charge on any atom is 0.188 e. The Bertz CT molecular complexity index is 600. The number of unbranched alkanes of at least 4 members (excludes halogenated alkanes) is 1. The van der Waals surface area contributed by atoms with Crippen LogP contribution in [-0.4, -0.2) is 28.6 Å². The van der Waals surface area contributed by atoms with Gasteiger partial charge in [-0.2, -0.15) is 0 Å². The van der Waals surface area contributed by atoms with E-state index in [4.69, 9.17) is 5.73 Å². The monoisotopic (exact) mass is 287 g/mol. The molecule has 5 heteroatoms. The second-order valence-corrected chi connectivity index (χ2v) is 5.20. The topological polar surface area (TPSA) is 68.2 Å². The molecule has 0 bridgehead atoms. The maximum absolute atomic E-state index is 5.81. The molecule has 0 saturated carbocycles. The maximum atomic E-state index is 5.81. The Kier molecular flexibility index (Phi) is 5.60. The van der Waals surface area contributed by atoms with Crippen molar-refractivity contribution >= 4 is 17.0 Å². The zero-order valence-corrected chi connectivity index (χ0v) is 13.0. The number of hydrogen-bond acceptors (Lipinski definition) is 2. The van der Waals surface area contributed by atoms with Gasteiger partial charge in [0.1, 0.15) is 5.82 Å². The number of rotatable bonds is 7. The summed E-state index contributed by atoms with van der Waals surface area (Å²) in [4.78, 5) is 8.92. The number of aliphatic imine (C=N–C) groups is 1. The van der Waals surface area contributed by atoms with Gasteiger partial charge in [-0.05, 0) is 31.9 Å². The summed E-state index contributed by atoms with van der Waals surface area (Å²) in [6, 6.07) is 8.23. The first kappa shape index (κ1) is 15.4. The molecule has 21 heavy (non-hydrogen) atoms. The Morgan fingerprint density at radius 1 is 1.33 bits per heavy atom. The Labute approximate surface area is 126 Å². The molecule has 0 fully saturated rings. The van der Waals surface area contributed by atoms with Gasteiger partial charge in [-0.25, -0.2) is 4.98 Å². The Balaban J connectivity index is 1.85. The fourth-order valence-electron chi connectivity index (χ4n) is 2.36. The zero-order chi connectivity index (χ0) is 15.1. The zero-order valence-electron chi connectivity index (χ0n) is 13.0. The molecule has 0 radical (unpaired) electrons. The van der Waals surface area contributed by atoms with E-state index in [-0.39, 0.29) is 0 Å². The van der Waals surface area contributed by atoms with Crippen molar-refractivity contribution in [2.24, 2.45) is 10.7 Å². The third-order valence-corrected chi connectivity index (χ3v) is 3.50. The second-order valence-electron chi connectivity index (χ2n) is 5.20. The third kappa shape index (κ3) is 4.21. The van der Waals surface area contributed by atoms with Crippen molar-refractivity contribution in [3.63, 3.8) is 0 Å². The van der Waals surface area contributed by atoms with Crippen LogP contribution in [-0.2, 0) is 6.54 Å². The Morgan fingerprint density at radius 2 is 2.14 bits per heavy atom. The standard InChI is InChI=1S/C16H25N5/c1-3-4-10-18-16(17)19-11-7-12-21-13(2)20-14-8-5-6-9-15(14)21/h5-6,8-9H,3-4,7,10-12H2,1-2H3,(H3,17,18,19). The Hall–Kier alpha value is -2.04. The van der Waals surface area contributed by atoms with E-state index in [2.05, 4.69) is 32.9 Å². The van der Waals surface area contributed by atoms with Crippen molar-refractivity contribution in [2.75, 3.05) is 13.1 Å². The van der Waals surface area contributed by atoms with Crippen LogP contribution in [0.3, 0.4) is 0 Å². The van der Waals surface area contributed by atoms with Gasteiger partial charge in [0, 0.05) is 19.6 Å². The second kappa shape index (κ2) is 7.67. The number of fused-ring (bicyclic) bond motifs is 1. The number of imidazole rings is 1. The molecule has 0 atom stereocenters. The highest BCUT2D eigenvalue weighted by Gasteiger charge is 2.05. The highest BCUT2D eigenvalue weighted by atomic mass is 15.1. The first-order valence-corrected chi connectivity index (χ1v) is 7.68. The van der Waals surface area contributed by atoms with Crippen LogP contribution >= 0.6 is 0 Å². The summed E-state index contributed by atoms with van der Waals surface area (Å²) in [5, 5.41) is 3.13. The smallest absolute Gasteiger partial charge is 0.188 e. The van der Waals surface area contributed by atoms with E-state index in [1.165, 1.54) is 5.52 Å². The lowest BCUT2D eigenvalue weighted by Crippen LogP contribution is -2.32. The molecular weight excluding hydrogens is 262 g/mol. The molecule has 2 aromatic rings. The number of aromatic nitrogens is 2. The van der Waals surface area contributed by atoms with E-state index in [0.717, 1.165) is 50.2 Å². The summed E-state index contributed by atoms with van der Waals surface area (Å²) >= 11 is 0. The summed E-state index contributed by atoms with van der Waals surface area (Å²) in [5.74, 6) is 1.60. The van der Waals surface area contributed by atoms with Crippen LogP contribution in [0, 0.1) is 6.92 Å². The van der Waals surface area contributed by atoms with E-state index < -0.39 is 0 Å². The van der Waals surface area contributed by atoms with E-state index >= 15 is 0 Å². The fraction of sp³-hybridized carbons (Fsp3) is 0.500. The first-order valence-electron chi connectivity index (χ1n) is 7.68. The van der Waals surface area contributed by atoms with Crippen LogP contribution in [0.2, 0.25) is 0 Å². The molecule has 2 rings (SSSR count). The summed E-state index contributed by atoms with van der Waals surface area (Å²) < 4.78 is 2.24. The molecular formula is C16H25N5.